The molecule has 0 radical (unpaired) electrons. The van der Waals surface area contributed by atoms with E-state index in [0.29, 0.717) is 15.8 Å². The molecular formula is C19H13NO2S2. The third kappa shape index (κ3) is 2.77. The minimum Gasteiger partial charge on any atom is -0.488 e. The largest absolute Gasteiger partial charge is 0.488 e. The first kappa shape index (κ1) is 15.2. The fourth-order valence-electron chi connectivity index (χ4n) is 2.65. The van der Waals surface area contributed by atoms with Crippen molar-refractivity contribution in [2.24, 2.45) is 0 Å². The first-order chi connectivity index (χ1) is 11.7. The van der Waals surface area contributed by atoms with Gasteiger partial charge in [0.2, 0.25) is 0 Å². The third-order valence-corrected chi connectivity index (χ3v) is 5.08. The molecule has 0 aromatic heterocycles. The lowest BCUT2D eigenvalue weighted by molar-refractivity contribution is -0.113. The van der Waals surface area contributed by atoms with E-state index < -0.39 is 0 Å². The Labute approximate surface area is 149 Å². The molecule has 0 bridgehead atoms. The molecule has 1 fully saturated rings. The molecule has 1 saturated heterocycles. The number of thioether (sulfide) groups is 1. The van der Waals surface area contributed by atoms with Crippen LogP contribution in [0.25, 0.3) is 6.08 Å². The van der Waals surface area contributed by atoms with Gasteiger partial charge in [0, 0.05) is 5.56 Å². The molecule has 2 aromatic carbocycles. The molecule has 0 atom stereocenters. The van der Waals surface area contributed by atoms with E-state index in [1.807, 2.05) is 66.7 Å². The van der Waals surface area contributed by atoms with Gasteiger partial charge in [-0.25, -0.2) is 0 Å². The van der Waals surface area contributed by atoms with Crippen molar-refractivity contribution >= 4 is 46.0 Å². The summed E-state index contributed by atoms with van der Waals surface area (Å²) in [7, 11) is 0. The quantitative estimate of drug-likeness (QED) is 0.592. The third-order valence-electron chi connectivity index (χ3n) is 3.78. The van der Waals surface area contributed by atoms with Gasteiger partial charge in [0.05, 0.1) is 10.6 Å². The van der Waals surface area contributed by atoms with Crippen molar-refractivity contribution in [3.63, 3.8) is 0 Å². The van der Waals surface area contributed by atoms with E-state index >= 15 is 0 Å². The molecule has 118 valence electrons. The second kappa shape index (κ2) is 6.26. The van der Waals surface area contributed by atoms with Crippen molar-refractivity contribution in [2.75, 3.05) is 11.5 Å². The van der Waals surface area contributed by atoms with Crippen LogP contribution in [0.5, 0.6) is 5.75 Å². The predicted octanol–water partition coefficient (Wildman–Crippen LogP) is 4.41. The molecule has 2 heterocycles. The van der Waals surface area contributed by atoms with Crippen molar-refractivity contribution in [3.05, 3.63) is 76.7 Å². The number of fused-ring (bicyclic) bond motifs is 1. The average molecular weight is 351 g/mol. The first-order valence-corrected chi connectivity index (χ1v) is 8.70. The Bertz CT molecular complexity index is 887. The highest BCUT2D eigenvalue weighted by molar-refractivity contribution is 8.27. The Morgan fingerprint density at radius 3 is 2.67 bits per heavy atom. The Hall–Kier alpha value is -2.37. The monoisotopic (exact) mass is 351 g/mol. The van der Waals surface area contributed by atoms with Gasteiger partial charge in [-0.3, -0.25) is 9.69 Å². The van der Waals surface area contributed by atoms with Crippen LogP contribution in [0.3, 0.4) is 0 Å². The maximum atomic E-state index is 12.7. The summed E-state index contributed by atoms with van der Waals surface area (Å²) in [5.41, 5.74) is 2.78. The molecule has 0 aliphatic carbocycles. The van der Waals surface area contributed by atoms with Gasteiger partial charge >= 0.3 is 0 Å². The van der Waals surface area contributed by atoms with Gasteiger partial charge in [0.15, 0.2) is 4.32 Å². The molecule has 0 N–H and O–H groups in total. The number of para-hydroxylation sites is 2. The van der Waals surface area contributed by atoms with Crippen LogP contribution in [0.2, 0.25) is 0 Å². The van der Waals surface area contributed by atoms with Crippen LogP contribution in [-0.2, 0) is 4.79 Å². The van der Waals surface area contributed by atoms with Gasteiger partial charge in [-0.05, 0) is 35.9 Å². The van der Waals surface area contributed by atoms with Crippen molar-refractivity contribution in [1.82, 2.24) is 0 Å². The number of hydrogen-bond acceptors (Lipinski definition) is 4. The van der Waals surface area contributed by atoms with E-state index in [9.17, 15) is 4.79 Å². The second-order valence-electron chi connectivity index (χ2n) is 5.40. The normalized spacial score (nSPS) is 18.4. The first-order valence-electron chi connectivity index (χ1n) is 7.48. The van der Waals surface area contributed by atoms with Crippen molar-refractivity contribution in [3.8, 4) is 5.75 Å². The zero-order valence-electron chi connectivity index (χ0n) is 12.6. The molecule has 0 spiro atoms. The number of carbonyl (C=O) groups is 1. The van der Waals surface area contributed by atoms with Gasteiger partial charge in [-0.2, -0.15) is 0 Å². The number of thiocarbonyl (C=S) groups is 1. The molecule has 4 rings (SSSR count). The summed E-state index contributed by atoms with van der Waals surface area (Å²) < 4.78 is 6.29. The lowest BCUT2D eigenvalue weighted by Gasteiger charge is -2.16. The highest BCUT2D eigenvalue weighted by Gasteiger charge is 2.33. The Morgan fingerprint density at radius 2 is 1.83 bits per heavy atom. The van der Waals surface area contributed by atoms with Crippen LogP contribution in [0.4, 0.5) is 5.69 Å². The van der Waals surface area contributed by atoms with E-state index in [1.165, 1.54) is 11.8 Å². The zero-order valence-corrected chi connectivity index (χ0v) is 14.3. The minimum absolute atomic E-state index is 0.0871. The molecule has 2 aromatic rings. The summed E-state index contributed by atoms with van der Waals surface area (Å²) in [6.07, 6.45) is 3.92. The molecule has 0 saturated carbocycles. The van der Waals surface area contributed by atoms with Crippen LogP contribution in [0.1, 0.15) is 5.56 Å². The van der Waals surface area contributed by atoms with Crippen molar-refractivity contribution in [2.45, 2.75) is 0 Å². The lowest BCUT2D eigenvalue weighted by Crippen LogP contribution is -2.27. The Morgan fingerprint density at radius 1 is 1.08 bits per heavy atom. The molecule has 24 heavy (non-hydrogen) atoms. The summed E-state index contributed by atoms with van der Waals surface area (Å²) in [6.45, 7) is 0.451. The fraction of sp³-hybridized carbons (Fsp3) is 0.0526. The highest BCUT2D eigenvalue weighted by atomic mass is 32.2. The molecule has 2 aliphatic rings. The number of amides is 1. The standard InChI is InChI=1S/C19H13NO2S2/c21-18-17(24-19(23)20(18)15-7-2-1-3-8-15)11-13-10-14-6-4-5-9-16(14)22-12-13/h1-11H,12H2. The fourth-order valence-corrected chi connectivity index (χ4v) is 3.97. The summed E-state index contributed by atoms with van der Waals surface area (Å²) in [5, 5.41) is 0. The molecule has 0 unspecified atom stereocenters. The van der Waals surface area contributed by atoms with Gasteiger partial charge in [0.1, 0.15) is 12.4 Å². The predicted molar refractivity (Wildman–Crippen MR) is 102 cm³/mol. The molecule has 1 amide bonds. The highest BCUT2D eigenvalue weighted by Crippen LogP contribution is 2.36. The maximum Gasteiger partial charge on any atom is 0.270 e. The number of ether oxygens (including phenoxy) is 1. The van der Waals surface area contributed by atoms with E-state index in [2.05, 4.69) is 0 Å². The number of rotatable bonds is 2. The van der Waals surface area contributed by atoms with Gasteiger partial charge in [-0.1, -0.05) is 60.4 Å². The van der Waals surface area contributed by atoms with Crippen LogP contribution < -0.4 is 9.64 Å². The summed E-state index contributed by atoms with van der Waals surface area (Å²) in [6, 6.07) is 17.3. The number of benzene rings is 2. The zero-order chi connectivity index (χ0) is 16.5. The Balaban J connectivity index is 1.64. The summed E-state index contributed by atoms with van der Waals surface area (Å²) in [5.74, 6) is 0.780. The topological polar surface area (TPSA) is 29.5 Å². The van der Waals surface area contributed by atoms with Crippen LogP contribution in [0.15, 0.2) is 71.2 Å². The van der Waals surface area contributed by atoms with E-state index in [-0.39, 0.29) is 5.91 Å². The van der Waals surface area contributed by atoms with Gasteiger partial charge < -0.3 is 4.74 Å². The van der Waals surface area contributed by atoms with E-state index in [1.54, 1.807) is 4.90 Å². The summed E-state index contributed by atoms with van der Waals surface area (Å²) >= 11 is 6.71. The van der Waals surface area contributed by atoms with Crippen LogP contribution >= 0.6 is 24.0 Å². The van der Waals surface area contributed by atoms with Crippen LogP contribution in [0, 0.1) is 0 Å². The molecule has 2 aliphatic heterocycles. The smallest absolute Gasteiger partial charge is 0.270 e. The lowest BCUT2D eigenvalue weighted by atomic mass is 10.1. The van der Waals surface area contributed by atoms with Crippen LogP contribution in [-0.4, -0.2) is 16.8 Å². The number of carbonyl (C=O) groups excluding carboxylic acids is 1. The van der Waals surface area contributed by atoms with Gasteiger partial charge in [-0.15, -0.1) is 0 Å². The molecular weight excluding hydrogens is 338 g/mol. The van der Waals surface area contributed by atoms with E-state index in [4.69, 9.17) is 17.0 Å². The number of hydrogen-bond donors (Lipinski definition) is 0. The van der Waals surface area contributed by atoms with Crippen molar-refractivity contribution < 1.29 is 9.53 Å². The molecule has 3 nitrogen and oxygen atoms in total. The minimum atomic E-state index is -0.0871. The SMILES string of the molecule is O=C1C(=CC2=Cc3ccccc3OC2)SC(=S)N1c1ccccc1. The molecule has 5 heteroatoms. The van der Waals surface area contributed by atoms with Gasteiger partial charge in [0.25, 0.3) is 5.91 Å². The summed E-state index contributed by atoms with van der Waals surface area (Å²) in [4.78, 5) is 14.9. The number of nitrogens with zero attached hydrogens (tertiary/aromatic N) is 1. The number of anilines is 1. The van der Waals surface area contributed by atoms with Crippen molar-refractivity contribution in [1.29, 1.82) is 0 Å². The Kier molecular flexibility index (Phi) is 3.96. The maximum absolute atomic E-state index is 12.7. The average Bonchev–Trinajstić information content (AvgIpc) is 2.89. The van der Waals surface area contributed by atoms with E-state index in [0.717, 1.165) is 22.6 Å². The second-order valence-corrected chi connectivity index (χ2v) is 7.07.